The van der Waals surface area contributed by atoms with Gasteiger partial charge in [-0.25, -0.2) is 26.1 Å². The molecule has 0 saturated carbocycles. The molecule has 2 heterocycles. The van der Waals surface area contributed by atoms with E-state index in [0.29, 0.717) is 10.3 Å². The molecule has 0 aliphatic carbocycles. The number of anilines is 1. The fourth-order valence-corrected chi connectivity index (χ4v) is 5.38. The van der Waals surface area contributed by atoms with Crippen LogP contribution in [0.1, 0.15) is 20.7 Å². The van der Waals surface area contributed by atoms with Crippen molar-refractivity contribution >= 4 is 38.4 Å². The molecule has 0 fully saturated rings. The van der Waals surface area contributed by atoms with Crippen LogP contribution in [0.5, 0.6) is 5.75 Å². The van der Waals surface area contributed by atoms with E-state index in [0.717, 1.165) is 22.2 Å². The van der Waals surface area contributed by atoms with Crippen LogP contribution in [0.2, 0.25) is 0 Å². The van der Waals surface area contributed by atoms with E-state index in [1.165, 1.54) is 43.6 Å². The number of nitrogens with zero attached hydrogens (tertiary/aromatic N) is 2. The minimum Gasteiger partial charge on any atom is -0.495 e. The van der Waals surface area contributed by atoms with E-state index in [4.69, 9.17) is 4.74 Å². The van der Waals surface area contributed by atoms with Crippen LogP contribution in [0.4, 0.5) is 14.5 Å². The van der Waals surface area contributed by atoms with E-state index in [-0.39, 0.29) is 22.4 Å². The molecular formula is C23H14F2N2O5S. The van der Waals surface area contributed by atoms with E-state index in [1.54, 1.807) is 12.1 Å². The van der Waals surface area contributed by atoms with Crippen molar-refractivity contribution in [2.75, 3.05) is 12.0 Å². The first kappa shape index (κ1) is 20.8. The molecule has 4 aromatic rings. The van der Waals surface area contributed by atoms with Gasteiger partial charge in [0.1, 0.15) is 16.5 Å². The minimum atomic E-state index is -4.40. The van der Waals surface area contributed by atoms with Crippen molar-refractivity contribution in [3.05, 3.63) is 89.6 Å². The molecule has 3 aromatic carbocycles. The predicted molar refractivity (Wildman–Crippen MR) is 115 cm³/mol. The fourth-order valence-electron chi connectivity index (χ4n) is 3.87. The molecule has 33 heavy (non-hydrogen) atoms. The number of aromatic nitrogens is 1. The molecule has 0 saturated heterocycles. The van der Waals surface area contributed by atoms with Gasteiger partial charge >= 0.3 is 0 Å². The number of hydrogen-bond donors (Lipinski definition) is 0. The van der Waals surface area contributed by atoms with Crippen LogP contribution in [0.25, 0.3) is 10.9 Å². The summed E-state index contributed by atoms with van der Waals surface area (Å²) in [5.41, 5.74) is -0.172. The molecule has 10 heteroatoms. The number of amides is 2. The van der Waals surface area contributed by atoms with Crippen molar-refractivity contribution < 1.29 is 31.5 Å². The summed E-state index contributed by atoms with van der Waals surface area (Å²) in [4.78, 5) is 25.8. The Morgan fingerprint density at radius 3 is 2.18 bits per heavy atom. The number of hydrogen-bond acceptors (Lipinski definition) is 5. The first-order valence-electron chi connectivity index (χ1n) is 9.61. The smallest absolute Gasteiger partial charge is 0.271 e. The average molecular weight is 468 g/mol. The lowest BCUT2D eigenvalue weighted by Gasteiger charge is -2.18. The minimum absolute atomic E-state index is 0.0838. The number of rotatable bonds is 4. The van der Waals surface area contributed by atoms with E-state index >= 15 is 0 Å². The summed E-state index contributed by atoms with van der Waals surface area (Å²) in [5, 5.41) is 0.334. The number of methoxy groups -OCH3 is 1. The molecule has 0 radical (unpaired) electrons. The third kappa shape index (κ3) is 3.02. The molecule has 0 bridgehead atoms. The highest BCUT2D eigenvalue weighted by atomic mass is 32.2. The van der Waals surface area contributed by atoms with E-state index in [1.807, 2.05) is 0 Å². The van der Waals surface area contributed by atoms with Crippen LogP contribution in [-0.4, -0.2) is 31.3 Å². The quantitative estimate of drug-likeness (QED) is 0.423. The summed E-state index contributed by atoms with van der Waals surface area (Å²) in [6.45, 7) is 0. The lowest BCUT2D eigenvalue weighted by atomic mass is 10.1. The van der Waals surface area contributed by atoms with E-state index in [2.05, 4.69) is 0 Å². The van der Waals surface area contributed by atoms with Crippen molar-refractivity contribution in [1.29, 1.82) is 0 Å². The highest BCUT2D eigenvalue weighted by Gasteiger charge is 2.39. The molecule has 0 spiro atoms. The molecule has 1 aromatic heterocycles. The van der Waals surface area contributed by atoms with Gasteiger partial charge in [-0.3, -0.25) is 9.59 Å². The lowest BCUT2D eigenvalue weighted by molar-refractivity contribution is 0.0924. The monoisotopic (exact) mass is 468 g/mol. The van der Waals surface area contributed by atoms with Crippen molar-refractivity contribution in [3.63, 3.8) is 0 Å². The standard InChI is InChI=1S/C23H14F2N2O5S/c1-32-20-11-17(25)19(27-22(28)15-4-2-3-5-16(15)23(27)29)12-21(20)33(30,31)26-9-8-13-10-14(24)6-7-18(13)26/h2-12H,1H3. The largest absolute Gasteiger partial charge is 0.495 e. The topological polar surface area (TPSA) is 85.7 Å². The summed E-state index contributed by atoms with van der Waals surface area (Å²) in [7, 11) is -3.23. The molecule has 7 nitrogen and oxygen atoms in total. The Hall–Kier alpha value is -4.05. The van der Waals surface area contributed by atoms with Crippen molar-refractivity contribution in [2.45, 2.75) is 4.90 Å². The second kappa shape index (κ2) is 7.24. The number of carbonyl (C=O) groups is 2. The third-order valence-electron chi connectivity index (χ3n) is 5.42. The first-order chi connectivity index (χ1) is 15.7. The number of halogens is 2. The van der Waals surface area contributed by atoms with Gasteiger partial charge in [0.25, 0.3) is 21.8 Å². The maximum absolute atomic E-state index is 15.0. The fraction of sp³-hybridized carbons (Fsp3) is 0.0435. The van der Waals surface area contributed by atoms with Crippen molar-refractivity contribution in [2.24, 2.45) is 0 Å². The molecular weight excluding hydrogens is 454 g/mol. The third-order valence-corrected chi connectivity index (χ3v) is 7.13. The molecule has 166 valence electrons. The van der Waals surface area contributed by atoms with Crippen LogP contribution in [0.3, 0.4) is 0 Å². The number of imide groups is 1. The van der Waals surface area contributed by atoms with Gasteiger partial charge in [-0.1, -0.05) is 12.1 Å². The van der Waals surface area contributed by atoms with Crippen molar-refractivity contribution in [3.8, 4) is 5.75 Å². The highest BCUT2D eigenvalue weighted by molar-refractivity contribution is 7.90. The van der Waals surface area contributed by atoms with E-state index < -0.39 is 44.1 Å². The van der Waals surface area contributed by atoms with Gasteiger partial charge in [0.15, 0.2) is 5.82 Å². The zero-order valence-electron chi connectivity index (χ0n) is 17.0. The molecule has 5 rings (SSSR count). The summed E-state index contributed by atoms with van der Waals surface area (Å²) >= 11 is 0. The Morgan fingerprint density at radius 2 is 1.55 bits per heavy atom. The normalized spacial score (nSPS) is 13.6. The second-order valence-corrected chi connectivity index (χ2v) is 9.05. The Labute approximate surface area is 186 Å². The first-order valence-corrected chi connectivity index (χ1v) is 11.1. The summed E-state index contributed by atoms with van der Waals surface area (Å²) in [5.74, 6) is -3.42. The molecule has 1 aliphatic rings. The highest BCUT2D eigenvalue weighted by Crippen LogP contribution is 2.37. The van der Waals surface area contributed by atoms with Crippen LogP contribution >= 0.6 is 0 Å². The molecule has 1 aliphatic heterocycles. The summed E-state index contributed by atoms with van der Waals surface area (Å²) in [6.07, 6.45) is 1.23. The lowest BCUT2D eigenvalue weighted by Crippen LogP contribution is -2.30. The molecule has 0 unspecified atom stereocenters. The van der Waals surface area contributed by atoms with E-state index in [9.17, 15) is 26.8 Å². The zero-order chi connectivity index (χ0) is 23.5. The van der Waals surface area contributed by atoms with Crippen LogP contribution in [0.15, 0.2) is 71.8 Å². The Balaban J connectivity index is 1.70. The molecule has 0 atom stereocenters. The zero-order valence-corrected chi connectivity index (χ0v) is 17.8. The SMILES string of the molecule is COc1cc(F)c(N2C(=O)c3ccccc3C2=O)cc1S(=O)(=O)n1ccc2cc(F)ccc21. The van der Waals surface area contributed by atoms with Crippen LogP contribution in [0, 0.1) is 11.6 Å². The number of carbonyl (C=O) groups excluding carboxylic acids is 2. The summed E-state index contributed by atoms with van der Waals surface area (Å²) in [6, 6.07) is 12.7. The molecule has 0 N–H and O–H groups in total. The maximum atomic E-state index is 15.0. The maximum Gasteiger partial charge on any atom is 0.271 e. The van der Waals surface area contributed by atoms with Crippen molar-refractivity contribution in [1.82, 2.24) is 3.97 Å². The van der Waals surface area contributed by atoms with Gasteiger partial charge in [-0.05, 0) is 42.5 Å². The van der Waals surface area contributed by atoms with Gasteiger partial charge < -0.3 is 4.74 Å². The van der Waals surface area contributed by atoms with Gasteiger partial charge in [-0.2, -0.15) is 0 Å². The Kier molecular flexibility index (Phi) is 4.57. The number of fused-ring (bicyclic) bond motifs is 2. The Bertz CT molecular complexity index is 1560. The predicted octanol–water partition coefficient (Wildman–Crippen LogP) is 3.97. The average Bonchev–Trinajstić information content (AvgIpc) is 3.33. The summed E-state index contributed by atoms with van der Waals surface area (Å²) < 4.78 is 61.6. The van der Waals surface area contributed by atoms with Gasteiger partial charge in [-0.15, -0.1) is 0 Å². The van der Waals surface area contributed by atoms with Gasteiger partial charge in [0.05, 0.1) is 29.4 Å². The van der Waals surface area contributed by atoms with Crippen LogP contribution < -0.4 is 9.64 Å². The van der Waals surface area contributed by atoms with Crippen LogP contribution in [-0.2, 0) is 10.0 Å². The number of benzene rings is 3. The molecule has 2 amide bonds. The van der Waals surface area contributed by atoms with Gasteiger partial charge in [0, 0.05) is 17.6 Å². The Morgan fingerprint density at radius 1 is 0.879 bits per heavy atom. The number of ether oxygens (including phenoxy) is 1. The second-order valence-electron chi connectivity index (χ2n) is 7.27. The van der Waals surface area contributed by atoms with Gasteiger partial charge in [0.2, 0.25) is 0 Å².